The van der Waals surface area contributed by atoms with Gasteiger partial charge in [-0.1, -0.05) is 0 Å². The minimum atomic E-state index is -2.07. The molecule has 0 amide bonds. The van der Waals surface area contributed by atoms with Crippen LogP contribution in [-0.4, -0.2) is 23.6 Å². The van der Waals surface area contributed by atoms with Crippen LogP contribution in [0.3, 0.4) is 0 Å². The second-order valence-electron chi connectivity index (χ2n) is 1.46. The Morgan fingerprint density at radius 1 is 2.00 bits per heavy atom. The van der Waals surface area contributed by atoms with E-state index in [-0.39, 0.29) is 0 Å². The highest BCUT2D eigenvalue weighted by atomic mass is 16.5. The van der Waals surface area contributed by atoms with Crippen LogP contribution in [0.5, 0.6) is 0 Å². The SMILES string of the molecule is [2H][13CH]1[13CH]([2H])[13C]([2H])([2H])[15NH][13C@@H]1[13C](=O)O. The number of aliphatic carboxylic acids is 1. The summed E-state index contributed by atoms with van der Waals surface area (Å²) in [7, 11) is 0. The summed E-state index contributed by atoms with van der Waals surface area (Å²) in [6.07, 6.45) is -2.60. The van der Waals surface area contributed by atoms with Crippen LogP contribution >= 0.6 is 0 Å². The van der Waals surface area contributed by atoms with E-state index >= 15 is 0 Å². The molecule has 0 aromatic carbocycles. The first-order chi connectivity index (χ1) is 5.36. The lowest BCUT2D eigenvalue weighted by atomic mass is 11.2. The van der Waals surface area contributed by atoms with Crippen LogP contribution in [0.4, 0.5) is 0 Å². The van der Waals surface area contributed by atoms with Crippen LogP contribution in [0.1, 0.15) is 18.3 Å². The van der Waals surface area contributed by atoms with E-state index < -0.39 is 31.3 Å². The van der Waals surface area contributed by atoms with Gasteiger partial charge in [-0.2, -0.15) is 0 Å². The summed E-state index contributed by atoms with van der Waals surface area (Å²) in [6.45, 7) is -2.07. The van der Waals surface area contributed by atoms with Crippen LogP contribution in [0.25, 0.3) is 0 Å². The van der Waals surface area contributed by atoms with Crippen molar-refractivity contribution < 1.29 is 15.4 Å². The molecule has 1 fully saturated rings. The van der Waals surface area contributed by atoms with Gasteiger partial charge in [-0.3, -0.25) is 4.79 Å². The molecule has 1 aliphatic heterocycles. The van der Waals surface area contributed by atoms with Crippen LogP contribution in [0.2, 0.25) is 0 Å². The normalized spacial score (nSPS) is 60.2. The molecule has 0 aliphatic carbocycles. The summed E-state index contributed by atoms with van der Waals surface area (Å²) in [5, 5.41) is 10.6. The van der Waals surface area contributed by atoms with E-state index in [9.17, 15) is 4.79 Å². The molecule has 1 aliphatic rings. The first kappa shape index (κ1) is 2.35. The van der Waals surface area contributed by atoms with E-state index in [1.807, 2.05) is 0 Å². The summed E-state index contributed by atoms with van der Waals surface area (Å²) >= 11 is 0. The molecule has 3 atom stereocenters. The van der Waals surface area contributed by atoms with Gasteiger partial charge in [0.15, 0.2) is 0 Å². The van der Waals surface area contributed by atoms with Gasteiger partial charge in [0.1, 0.15) is 6.04 Å². The van der Waals surface area contributed by atoms with Gasteiger partial charge in [0.05, 0.1) is 0 Å². The standard InChI is InChI=1S/C5H9NO2/c7-5(8)4-2-1-3-6-4/h4,6H,1-3H2,(H,7,8)/t4-/m0/s1/i1+1D,2+1D,3+1D2,4+1,5+1,6+1/t1?,2?,4-. The predicted molar refractivity (Wildman–Crippen MR) is 28.7 cm³/mol. The molecule has 1 heterocycles. The molecule has 1 rings (SSSR count). The van der Waals surface area contributed by atoms with Gasteiger partial charge < -0.3 is 10.4 Å². The highest BCUT2D eigenvalue weighted by molar-refractivity contribution is 5.73. The molecule has 2 N–H and O–H groups in total. The first-order valence-electron chi connectivity index (χ1n) is 4.37. The van der Waals surface area contributed by atoms with Crippen molar-refractivity contribution in [2.75, 3.05) is 6.50 Å². The number of nitrogens with one attached hydrogen (secondary N) is 1. The van der Waals surface area contributed by atoms with Gasteiger partial charge >= 0.3 is 5.97 Å². The second-order valence-corrected chi connectivity index (χ2v) is 1.46. The molecular weight excluding hydrogens is 112 g/mol. The molecule has 0 bridgehead atoms. The molecule has 0 radical (unpaired) electrons. The quantitative estimate of drug-likeness (QED) is 0.377. The fraction of sp³-hybridized carbons (Fsp3) is 0.800. The number of carboxylic acid groups (broad SMARTS) is 1. The van der Waals surface area contributed by atoms with Crippen molar-refractivity contribution in [3.05, 3.63) is 0 Å². The van der Waals surface area contributed by atoms with Gasteiger partial charge in [-0.05, 0) is 19.3 Å². The van der Waals surface area contributed by atoms with E-state index in [0.29, 0.717) is 0 Å². The number of rotatable bonds is 1. The topological polar surface area (TPSA) is 49.3 Å². The van der Waals surface area contributed by atoms with Crippen molar-refractivity contribution in [2.45, 2.75) is 18.8 Å². The molecule has 3 nitrogen and oxygen atoms in total. The molecule has 3 heteroatoms. The fourth-order valence-electron chi connectivity index (χ4n) is 0.474. The number of carbonyl (C=O) groups is 1. The average Bonchev–Trinajstić information content (AvgIpc) is 2.14. The maximum absolute atomic E-state index is 10.4. The molecule has 1 saturated heterocycles. The summed E-state index contributed by atoms with van der Waals surface area (Å²) in [5.41, 5.74) is 0. The lowest BCUT2D eigenvalue weighted by molar-refractivity contribution is -0.139. The first-order valence-corrected chi connectivity index (χ1v) is 2.21. The van der Waals surface area contributed by atoms with E-state index in [4.69, 9.17) is 10.6 Å². The lowest BCUT2D eigenvalue weighted by Crippen LogP contribution is -2.29. The second kappa shape index (κ2) is 2.13. The Labute approximate surface area is 53.3 Å². The Morgan fingerprint density at radius 2 is 2.75 bits per heavy atom. The summed E-state index contributed by atoms with van der Waals surface area (Å²) in [4.78, 5) is 10.4. The summed E-state index contributed by atoms with van der Waals surface area (Å²) in [5.74, 6) is -1.28. The van der Waals surface area contributed by atoms with E-state index in [1.54, 1.807) is 0 Å². The number of carboxylic acids is 1. The van der Waals surface area contributed by atoms with Crippen molar-refractivity contribution in [1.82, 2.24) is 5.32 Å². The minimum absolute atomic E-state index is 1.25. The van der Waals surface area contributed by atoms with Crippen LogP contribution in [-0.2, 0) is 4.79 Å². The Bertz CT molecular complexity index is 210. The van der Waals surface area contributed by atoms with Crippen molar-refractivity contribution in [1.29, 1.82) is 0 Å². The number of hydrogen-bond donors (Lipinski definition) is 2. The third kappa shape index (κ3) is 0.980. The van der Waals surface area contributed by atoms with E-state index in [2.05, 4.69) is 5.32 Å². The van der Waals surface area contributed by atoms with Gasteiger partial charge in [0.25, 0.3) is 0 Å². The van der Waals surface area contributed by atoms with Crippen LogP contribution < -0.4 is 5.32 Å². The third-order valence-electron chi connectivity index (χ3n) is 0.877. The maximum atomic E-state index is 10.4. The molecule has 0 aromatic rings. The molecule has 2 unspecified atom stereocenters. The smallest absolute Gasteiger partial charge is 0.320 e. The van der Waals surface area contributed by atoms with Crippen LogP contribution in [0, 0.1) is 0 Å². The molecule has 0 saturated carbocycles. The van der Waals surface area contributed by atoms with E-state index in [1.165, 1.54) is 0 Å². The Kier molecular flexibility index (Phi) is 0.627. The molecule has 0 spiro atoms. The fourth-order valence-corrected chi connectivity index (χ4v) is 0.474. The van der Waals surface area contributed by atoms with Crippen molar-refractivity contribution >= 4 is 5.97 Å². The summed E-state index contributed by atoms with van der Waals surface area (Å²) < 4.78 is 28.6. The Hall–Kier alpha value is -0.570. The van der Waals surface area contributed by atoms with Crippen molar-refractivity contribution in [3.63, 3.8) is 0 Å². The van der Waals surface area contributed by atoms with E-state index in [0.717, 1.165) is 0 Å². The van der Waals surface area contributed by atoms with Crippen molar-refractivity contribution in [2.24, 2.45) is 0 Å². The third-order valence-corrected chi connectivity index (χ3v) is 0.877. The van der Waals surface area contributed by atoms with Gasteiger partial charge in [0, 0.05) is 5.48 Å². The van der Waals surface area contributed by atoms with Gasteiger partial charge in [-0.15, -0.1) is 0 Å². The maximum Gasteiger partial charge on any atom is 0.320 e. The highest BCUT2D eigenvalue weighted by Crippen LogP contribution is 2.03. The monoisotopic (exact) mass is 125 g/mol. The molecular formula is C5H9NO2. The summed E-state index contributed by atoms with van der Waals surface area (Å²) in [6, 6.07) is -1.28. The average molecular weight is 125 g/mol. The molecule has 0 aromatic heterocycles. The minimum Gasteiger partial charge on any atom is -0.480 e. The zero-order valence-corrected chi connectivity index (χ0v) is 4.09. The zero-order chi connectivity index (χ0) is 9.52. The lowest BCUT2D eigenvalue weighted by Gasteiger charge is -1.99. The number of hydrogen-bond acceptors (Lipinski definition) is 2. The van der Waals surface area contributed by atoms with Crippen molar-refractivity contribution in [3.8, 4) is 0 Å². The highest BCUT2D eigenvalue weighted by Gasteiger charge is 2.20. The van der Waals surface area contributed by atoms with Gasteiger partial charge in [-0.25, -0.2) is 0 Å². The Morgan fingerprint density at radius 3 is 3.00 bits per heavy atom. The van der Waals surface area contributed by atoms with Crippen LogP contribution in [0.15, 0.2) is 0 Å². The molecule has 46 valence electrons. The van der Waals surface area contributed by atoms with Gasteiger partial charge in [0.2, 0.25) is 0 Å². The molecule has 8 heavy (non-hydrogen) atoms. The largest absolute Gasteiger partial charge is 0.480 e. The predicted octanol–water partition coefficient (Wildman–Crippen LogP) is -0.177. The Balaban J connectivity index is 2.81. The zero-order valence-electron chi connectivity index (χ0n) is 8.09.